The number of unbranched alkanes of at least 4 members (excludes halogenated alkanes) is 3. The number of primary amides is 1. The molecule has 94 heavy (non-hydrogen) atoms. The molecule has 12 amide bonds. The molecule has 1 aromatic carbocycles. The molecule has 37 heteroatoms. The van der Waals surface area contributed by atoms with Crippen LogP contribution in [0, 0.1) is 0 Å². The molecule has 0 fully saturated rings. The van der Waals surface area contributed by atoms with Crippen LogP contribution < -0.4 is 86.6 Å². The van der Waals surface area contributed by atoms with Crippen molar-refractivity contribution in [3.63, 3.8) is 0 Å². The second-order valence-corrected chi connectivity index (χ2v) is 22.7. The number of rotatable bonds is 47. The van der Waals surface area contributed by atoms with Gasteiger partial charge in [-0.2, -0.15) is 5.10 Å². The molecule has 3 aromatic rings. The number of carbonyl (C=O) groups is 13. The molecular weight excluding hydrogens is 1270 g/mol. The van der Waals surface area contributed by atoms with Crippen LogP contribution in [0.15, 0.2) is 54.4 Å². The first-order valence-corrected chi connectivity index (χ1v) is 31.7. The van der Waals surface area contributed by atoms with E-state index in [1.54, 1.807) is 12.4 Å². The van der Waals surface area contributed by atoms with Crippen molar-refractivity contribution in [2.45, 2.75) is 140 Å². The molecule has 2 heterocycles. The number of nitrogens with one attached hydrogen (secondary N) is 15. The molecule has 3 rings (SSSR count). The number of thiocarbonyl (C=S) groups is 1. The summed E-state index contributed by atoms with van der Waals surface area (Å²) in [5.74, 6) is -7.49. The van der Waals surface area contributed by atoms with Gasteiger partial charge in [0.05, 0.1) is 31.8 Å². The van der Waals surface area contributed by atoms with Crippen molar-refractivity contribution in [3.8, 4) is 5.75 Å². The number of aromatic hydroxyl groups is 1. The smallest absolute Gasteiger partial charge is 0.243 e. The lowest BCUT2D eigenvalue weighted by molar-refractivity contribution is -0.134. The number of hydrazone groups is 1. The van der Waals surface area contributed by atoms with Crippen LogP contribution in [0.2, 0.25) is 0 Å². The van der Waals surface area contributed by atoms with Crippen LogP contribution in [0.25, 0.3) is 0 Å². The first-order valence-electron chi connectivity index (χ1n) is 30.3. The van der Waals surface area contributed by atoms with Gasteiger partial charge in [-0.05, 0) is 87.7 Å². The van der Waals surface area contributed by atoms with Gasteiger partial charge >= 0.3 is 0 Å². The molecule has 2 aromatic heterocycles. The Morgan fingerprint density at radius 3 is 1.51 bits per heavy atom. The van der Waals surface area contributed by atoms with Gasteiger partial charge in [-0.3, -0.25) is 73.2 Å². The molecule has 0 saturated carbocycles. The van der Waals surface area contributed by atoms with Crippen molar-refractivity contribution in [1.82, 2.24) is 89.4 Å². The van der Waals surface area contributed by atoms with Crippen molar-refractivity contribution in [3.05, 3.63) is 66.3 Å². The van der Waals surface area contributed by atoms with Crippen molar-refractivity contribution in [2.75, 3.05) is 51.6 Å². The molecule has 0 spiro atoms. The number of thioether (sulfide) groups is 1. The Balaban J connectivity index is 1.66. The van der Waals surface area contributed by atoms with Gasteiger partial charge in [-0.1, -0.05) is 23.9 Å². The molecule has 5 atom stereocenters. The van der Waals surface area contributed by atoms with Crippen LogP contribution in [0.5, 0.6) is 5.75 Å². The fourth-order valence-electron chi connectivity index (χ4n) is 8.36. The summed E-state index contributed by atoms with van der Waals surface area (Å²) in [4.78, 5) is 180. The van der Waals surface area contributed by atoms with Gasteiger partial charge in [-0.25, -0.2) is 15.4 Å². The second kappa shape index (κ2) is 45.6. The Hall–Kier alpha value is -9.62. The Kier molecular flexibility index (Phi) is 38.2. The number of phenolic OH excluding ortho intramolecular Hbond substituents is 1. The first kappa shape index (κ1) is 78.6. The fourth-order valence-corrected chi connectivity index (χ4v) is 9.04. The minimum atomic E-state index is -1.43. The average Bonchev–Trinajstić information content (AvgIpc) is 2.08. The van der Waals surface area contributed by atoms with E-state index in [0.717, 1.165) is 29.4 Å². The first-order chi connectivity index (χ1) is 45.0. The summed E-state index contributed by atoms with van der Waals surface area (Å²) in [7, 11) is 0. The van der Waals surface area contributed by atoms with Crippen LogP contribution in [0.4, 0.5) is 0 Å². The van der Waals surface area contributed by atoms with Gasteiger partial charge in [0, 0.05) is 114 Å². The van der Waals surface area contributed by atoms with Crippen LogP contribution in [0.3, 0.4) is 0 Å². The van der Waals surface area contributed by atoms with Crippen molar-refractivity contribution in [2.24, 2.45) is 22.3 Å². The number of hydrazine groups is 1. The topological polar surface area (TPSA) is 546 Å². The van der Waals surface area contributed by atoms with Crippen molar-refractivity contribution in [1.29, 1.82) is 0 Å². The molecule has 516 valence electrons. The monoisotopic (exact) mass is 1350 g/mol. The molecule has 0 aliphatic rings. The number of aromatic nitrogens is 4. The van der Waals surface area contributed by atoms with Crippen molar-refractivity contribution >= 4 is 111 Å². The minimum absolute atomic E-state index is 0.0133. The predicted molar refractivity (Wildman–Crippen MR) is 347 cm³/mol. The van der Waals surface area contributed by atoms with Gasteiger partial charge in [-0.15, -0.1) is 0 Å². The van der Waals surface area contributed by atoms with Gasteiger partial charge in [0.2, 0.25) is 76.0 Å². The number of hydrogen-bond donors (Lipinski definition) is 19. The third kappa shape index (κ3) is 36.4. The molecule has 0 radical (unpaired) electrons. The minimum Gasteiger partial charge on any atom is -0.508 e. The van der Waals surface area contributed by atoms with Crippen LogP contribution in [0.1, 0.15) is 107 Å². The van der Waals surface area contributed by atoms with E-state index in [2.05, 4.69) is 107 Å². The third-order valence-electron chi connectivity index (χ3n) is 13.4. The van der Waals surface area contributed by atoms with Crippen LogP contribution >= 0.6 is 24.0 Å². The summed E-state index contributed by atoms with van der Waals surface area (Å²) in [5.41, 5.74) is 26.3. The Labute approximate surface area is 551 Å². The largest absolute Gasteiger partial charge is 0.508 e. The number of H-pyrrole nitrogens is 2. The molecule has 0 aliphatic heterocycles. The highest BCUT2D eigenvalue weighted by atomic mass is 32.2. The number of benzene rings is 1. The number of imidazole rings is 2. The lowest BCUT2D eigenvalue weighted by Crippen LogP contribution is -2.59. The van der Waals surface area contributed by atoms with Crippen molar-refractivity contribution < 1.29 is 67.4 Å². The molecule has 0 unspecified atom stereocenters. The number of amides is 12. The summed E-state index contributed by atoms with van der Waals surface area (Å²) in [6.07, 6.45) is 9.06. The number of nitrogens with two attached hydrogens (primary N) is 3. The summed E-state index contributed by atoms with van der Waals surface area (Å²) in [6.45, 7) is 1.40. The number of carbonyl (C=O) groups excluding carboxylic acids is 13. The lowest BCUT2D eigenvalue weighted by Gasteiger charge is -2.26. The van der Waals surface area contributed by atoms with E-state index in [0.29, 0.717) is 37.9 Å². The molecule has 0 saturated heterocycles. The van der Waals surface area contributed by atoms with E-state index in [9.17, 15) is 67.4 Å². The third-order valence-corrected chi connectivity index (χ3v) is 14.4. The number of nitrogens with zero attached hydrogens (tertiary/aromatic N) is 3. The Morgan fingerprint density at radius 1 is 0.574 bits per heavy atom. The SMILES string of the molecule is CC(=O)NN[C@@H](CCCCNC(=O)CNC(=O)CCC(=O)NCCc1cnc[nH]1)C(=O)N[C@H](Cc1ccc(O)cc1)C(=O)N[C@@H](CCCCNC(=O)CNC(=O)CCC(=O)NCCc1cnc[nH]1)C(=O)N[C@@H](CCCCNC(=O)[C@@H](N)CSC(=O)/C=N/NC(N)=S)C(N)=O. The highest BCUT2D eigenvalue weighted by Crippen LogP contribution is 2.14. The quantitative estimate of drug-likeness (QED) is 0.0109. The maximum Gasteiger partial charge on any atom is 0.243 e. The zero-order valence-electron chi connectivity index (χ0n) is 52.2. The van der Waals surface area contributed by atoms with Gasteiger partial charge in [0.1, 0.15) is 36.1 Å². The molecule has 0 bridgehead atoms. The van der Waals surface area contributed by atoms with Crippen LogP contribution in [-0.2, 0) is 81.6 Å². The lowest BCUT2D eigenvalue weighted by atomic mass is 10.0. The number of aromatic amines is 2. The summed E-state index contributed by atoms with van der Waals surface area (Å²) < 4.78 is 0. The average molecular weight is 1350 g/mol. The molecule has 0 aliphatic carbocycles. The molecule has 22 N–H and O–H groups in total. The highest BCUT2D eigenvalue weighted by molar-refractivity contribution is 8.15. The number of phenols is 1. The maximum absolute atomic E-state index is 14.5. The Morgan fingerprint density at radius 2 is 1.02 bits per heavy atom. The van der Waals surface area contributed by atoms with Gasteiger partial charge in [0.25, 0.3) is 0 Å². The normalized spacial score (nSPS) is 12.4. The van der Waals surface area contributed by atoms with Gasteiger partial charge < -0.3 is 85.4 Å². The van der Waals surface area contributed by atoms with E-state index in [1.165, 1.54) is 43.8 Å². The van der Waals surface area contributed by atoms with E-state index in [4.69, 9.17) is 17.2 Å². The van der Waals surface area contributed by atoms with Crippen LogP contribution in [-0.4, -0.2) is 194 Å². The summed E-state index contributed by atoms with van der Waals surface area (Å²) >= 11 is 5.34. The standard InChI is InChI=1S/C57H87N21O14S2/c1-35(79)76-77-43(10-4-6-22-64-50(86)30-69-48(84)18-16-46(82)66-25-20-38-28-62-34-71-38)55(91)75-44(26-36-11-13-39(80)14-12-36)56(92)74-42(9-3-5-21-63-49(85)29-68-47(83)17-15-45(81)65-24-19-37-27-61-33-70-37)54(90)73-41(52(59)88)8-2-7-23-67-53(89)40(58)32-94-51(87)31-72-78-57(60)93/h11-14,27-28,31,33-34,40-44,77,80H,2-10,15-26,29-30,32,58H2,1H3,(H2,59,88)(H,61,70)(H,62,71)(H,63,85)(H,64,86)(H,65,81)(H,66,82)(H,67,89)(H,68,83)(H,69,84)(H,73,90)(H,74,92)(H,75,91)(H,76,79)(H3,60,78,93)/b72-31+/t40-,41-,42-,43-,44+/m0/s1. The maximum atomic E-state index is 14.5. The predicted octanol–water partition coefficient (Wildman–Crippen LogP) is -4.89. The van der Waals surface area contributed by atoms with E-state index < -0.39 is 101 Å². The zero-order valence-corrected chi connectivity index (χ0v) is 53.8. The highest BCUT2D eigenvalue weighted by Gasteiger charge is 2.31. The molecular formula is C57H87N21O14S2. The summed E-state index contributed by atoms with van der Waals surface area (Å²) in [6, 6.07) is -0.619. The van der Waals surface area contributed by atoms with Gasteiger partial charge in [0.15, 0.2) is 5.11 Å². The number of hydrogen-bond acceptors (Lipinski definition) is 21. The van der Waals surface area contributed by atoms with E-state index in [-0.39, 0.29) is 138 Å². The van der Waals surface area contributed by atoms with E-state index >= 15 is 0 Å². The van der Waals surface area contributed by atoms with E-state index in [1.807, 2.05) is 0 Å². The zero-order chi connectivity index (χ0) is 69.0. The molecule has 35 nitrogen and oxygen atoms in total. The summed E-state index contributed by atoms with van der Waals surface area (Å²) in [5, 5.41) is 39.2. The fraction of sp³-hybridized carbons (Fsp3) is 0.526. The second-order valence-electron chi connectivity index (χ2n) is 21.2. The Bertz CT molecular complexity index is 2980.